The molecule has 1 radical (unpaired) electrons. The lowest BCUT2D eigenvalue weighted by Crippen LogP contribution is -1.91. The molecule has 0 aliphatic carbocycles. The van der Waals surface area contributed by atoms with Crippen molar-refractivity contribution in [3.8, 4) is 0 Å². The minimum atomic E-state index is -0.921. The van der Waals surface area contributed by atoms with Crippen molar-refractivity contribution in [1.82, 2.24) is 0 Å². The molecular weight excluding hydrogens is 248 g/mol. The predicted octanol–water partition coefficient (Wildman–Crippen LogP) is 5.76. The zero-order chi connectivity index (χ0) is 14.9. The van der Waals surface area contributed by atoms with Gasteiger partial charge in [-0.05, 0) is 38.5 Å². The molecule has 0 aliphatic heterocycles. The maximum absolute atomic E-state index is 10.2. The largest absolute Gasteiger partial charge is 0.355 e. The molecule has 0 aliphatic rings. The number of hydrogen-bond donors (Lipinski definition) is 0. The van der Waals surface area contributed by atoms with Gasteiger partial charge in [-0.25, -0.2) is 9.90 Å². The molecule has 0 N–H and O–H groups in total. The zero-order valence-corrected chi connectivity index (χ0v) is 13.1. The first-order valence-corrected chi connectivity index (χ1v) is 8.27. The van der Waals surface area contributed by atoms with Crippen LogP contribution in [0.5, 0.6) is 0 Å². The molecule has 115 valence electrons. The third-order valence-corrected chi connectivity index (χ3v) is 3.33. The van der Waals surface area contributed by atoms with Crippen molar-refractivity contribution >= 4 is 5.97 Å². The van der Waals surface area contributed by atoms with Gasteiger partial charge < -0.3 is 0 Å². The normalized spacial score (nSPS) is 11.7. The van der Waals surface area contributed by atoms with Crippen LogP contribution < -0.4 is 0 Å². The van der Waals surface area contributed by atoms with E-state index in [9.17, 15) is 9.90 Å². The summed E-state index contributed by atoms with van der Waals surface area (Å²) in [6, 6.07) is 0. The Balaban J connectivity index is 3.17. The number of carbonyl (C=O) groups is 1. The maximum atomic E-state index is 10.2. The average molecular weight is 279 g/mol. The van der Waals surface area contributed by atoms with E-state index < -0.39 is 5.97 Å². The second-order valence-corrected chi connectivity index (χ2v) is 5.35. The van der Waals surface area contributed by atoms with E-state index in [0.29, 0.717) is 0 Å². The van der Waals surface area contributed by atoms with Crippen molar-refractivity contribution in [2.24, 2.45) is 0 Å². The fourth-order valence-electron chi connectivity index (χ4n) is 2.08. The Morgan fingerprint density at radius 2 is 1.30 bits per heavy atom. The van der Waals surface area contributed by atoms with Gasteiger partial charge in [-0.2, -0.15) is 0 Å². The van der Waals surface area contributed by atoms with Gasteiger partial charge >= 0.3 is 5.97 Å². The maximum Gasteiger partial charge on any atom is 0.355 e. The molecule has 0 fully saturated rings. The number of allylic oxidation sites excluding steroid dienone is 4. The summed E-state index contributed by atoms with van der Waals surface area (Å²) in [4.78, 5) is 10.2. The highest BCUT2D eigenvalue weighted by molar-refractivity contribution is 5.66. The average Bonchev–Trinajstić information content (AvgIpc) is 2.43. The SMILES string of the molecule is CCCCCC=CCC=CCCCCCCCC([O])=O. The van der Waals surface area contributed by atoms with Crippen LogP contribution in [0.25, 0.3) is 0 Å². The molecule has 20 heavy (non-hydrogen) atoms. The highest BCUT2D eigenvalue weighted by Gasteiger charge is 1.97. The van der Waals surface area contributed by atoms with Crippen LogP contribution in [-0.2, 0) is 9.90 Å². The first-order valence-electron chi connectivity index (χ1n) is 8.27. The van der Waals surface area contributed by atoms with Gasteiger partial charge in [-0.3, -0.25) is 0 Å². The monoisotopic (exact) mass is 279 g/mol. The highest BCUT2D eigenvalue weighted by Crippen LogP contribution is 2.08. The lowest BCUT2D eigenvalue weighted by atomic mass is 10.1. The van der Waals surface area contributed by atoms with Crippen LogP contribution >= 0.6 is 0 Å². The van der Waals surface area contributed by atoms with Crippen molar-refractivity contribution in [2.45, 2.75) is 84.0 Å². The van der Waals surface area contributed by atoms with Crippen molar-refractivity contribution in [3.05, 3.63) is 24.3 Å². The Hall–Kier alpha value is -1.05. The minimum absolute atomic E-state index is 0.213. The summed E-state index contributed by atoms with van der Waals surface area (Å²) in [5.74, 6) is -0.921. The van der Waals surface area contributed by atoms with Crippen molar-refractivity contribution in [2.75, 3.05) is 0 Å². The summed E-state index contributed by atoms with van der Waals surface area (Å²) >= 11 is 0. The van der Waals surface area contributed by atoms with Gasteiger partial charge in [0, 0.05) is 0 Å². The molecule has 0 bridgehead atoms. The highest BCUT2D eigenvalue weighted by atomic mass is 16.4. The van der Waals surface area contributed by atoms with Crippen LogP contribution in [0.15, 0.2) is 24.3 Å². The molecule has 2 nitrogen and oxygen atoms in total. The van der Waals surface area contributed by atoms with Gasteiger partial charge in [0.2, 0.25) is 0 Å². The molecule has 0 aromatic rings. The van der Waals surface area contributed by atoms with Gasteiger partial charge in [0.25, 0.3) is 0 Å². The van der Waals surface area contributed by atoms with E-state index in [1.165, 1.54) is 38.5 Å². The quantitative estimate of drug-likeness (QED) is 0.294. The third kappa shape index (κ3) is 16.9. The second-order valence-electron chi connectivity index (χ2n) is 5.35. The Morgan fingerprint density at radius 1 is 0.750 bits per heavy atom. The van der Waals surface area contributed by atoms with Gasteiger partial charge in [0.1, 0.15) is 0 Å². The van der Waals surface area contributed by atoms with Crippen LogP contribution in [0.4, 0.5) is 0 Å². The van der Waals surface area contributed by atoms with Crippen LogP contribution in [-0.4, -0.2) is 5.97 Å². The van der Waals surface area contributed by atoms with E-state index in [0.717, 1.165) is 32.1 Å². The van der Waals surface area contributed by atoms with E-state index in [-0.39, 0.29) is 6.42 Å². The van der Waals surface area contributed by atoms with Crippen molar-refractivity contribution < 1.29 is 9.90 Å². The number of carbonyl (C=O) groups excluding carboxylic acids is 1. The van der Waals surface area contributed by atoms with Crippen LogP contribution in [0.3, 0.4) is 0 Å². The van der Waals surface area contributed by atoms with Gasteiger partial charge in [-0.15, -0.1) is 0 Å². The smallest absolute Gasteiger partial charge is 0.247 e. The number of unbranched alkanes of at least 4 members (excludes halogenated alkanes) is 8. The molecule has 0 unspecified atom stereocenters. The Labute approximate surface area is 125 Å². The second kappa shape index (κ2) is 16.0. The van der Waals surface area contributed by atoms with E-state index in [1.54, 1.807) is 0 Å². The van der Waals surface area contributed by atoms with Gasteiger partial charge in [-0.1, -0.05) is 63.3 Å². The van der Waals surface area contributed by atoms with E-state index in [2.05, 4.69) is 31.2 Å². The van der Waals surface area contributed by atoms with Gasteiger partial charge in [0.15, 0.2) is 0 Å². The van der Waals surface area contributed by atoms with Crippen LogP contribution in [0.2, 0.25) is 0 Å². The zero-order valence-electron chi connectivity index (χ0n) is 13.1. The van der Waals surface area contributed by atoms with Gasteiger partial charge in [0.05, 0.1) is 6.42 Å². The first kappa shape index (κ1) is 18.9. The topological polar surface area (TPSA) is 37.0 Å². The molecule has 0 saturated carbocycles. The predicted molar refractivity (Wildman–Crippen MR) is 85.1 cm³/mol. The fraction of sp³-hybridized carbons (Fsp3) is 0.722. The standard InChI is InChI=1S/C18H31O2/c1-2-3-4-5-6-7-8-9-10-11-12-13-14-15-16-17-18(19)20/h6-7,9-10H,2-5,8,11-17H2,1H3. The number of rotatable bonds is 14. The minimum Gasteiger partial charge on any atom is -0.247 e. The molecule has 0 saturated heterocycles. The molecule has 0 amide bonds. The lowest BCUT2D eigenvalue weighted by molar-refractivity contribution is -0.143. The fourth-order valence-corrected chi connectivity index (χ4v) is 2.08. The third-order valence-electron chi connectivity index (χ3n) is 3.33. The summed E-state index contributed by atoms with van der Waals surface area (Å²) < 4.78 is 0. The Kier molecular flexibility index (Phi) is 15.2. The van der Waals surface area contributed by atoms with E-state index >= 15 is 0 Å². The summed E-state index contributed by atoms with van der Waals surface area (Å²) in [5, 5.41) is 10.2. The van der Waals surface area contributed by atoms with Crippen LogP contribution in [0.1, 0.15) is 84.0 Å². The molecule has 0 atom stereocenters. The summed E-state index contributed by atoms with van der Waals surface area (Å²) in [5.41, 5.74) is 0. The molecule has 0 spiro atoms. The lowest BCUT2D eigenvalue weighted by Gasteiger charge is -1.97. The molecule has 0 aromatic carbocycles. The molecule has 0 aromatic heterocycles. The summed E-state index contributed by atoms with van der Waals surface area (Å²) in [6.07, 6.45) is 21.9. The Morgan fingerprint density at radius 3 is 1.90 bits per heavy atom. The summed E-state index contributed by atoms with van der Waals surface area (Å²) in [7, 11) is 0. The van der Waals surface area contributed by atoms with E-state index in [4.69, 9.17) is 0 Å². The molecule has 2 heteroatoms. The molecular formula is C18H31O2. The number of hydrogen-bond acceptors (Lipinski definition) is 1. The first-order chi connectivity index (χ1) is 9.77. The van der Waals surface area contributed by atoms with Crippen molar-refractivity contribution in [1.29, 1.82) is 0 Å². The summed E-state index contributed by atoms with van der Waals surface area (Å²) in [6.45, 7) is 2.23. The van der Waals surface area contributed by atoms with Crippen LogP contribution in [0, 0.1) is 0 Å². The van der Waals surface area contributed by atoms with Crippen molar-refractivity contribution in [3.63, 3.8) is 0 Å². The molecule has 0 heterocycles. The molecule has 0 rings (SSSR count). The Bertz CT molecular complexity index is 267. The van der Waals surface area contributed by atoms with E-state index in [1.807, 2.05) is 0 Å².